The molecule has 2 atom stereocenters. The molecule has 0 unspecified atom stereocenters. The van der Waals surface area contributed by atoms with Crippen LogP contribution in [0.1, 0.15) is 41.8 Å². The first-order valence-corrected chi connectivity index (χ1v) is 12.7. The number of ether oxygens (including phenoxy) is 1. The van der Waals surface area contributed by atoms with Gasteiger partial charge < -0.3 is 9.84 Å². The summed E-state index contributed by atoms with van der Waals surface area (Å²) < 4.78 is 19.7. The fourth-order valence-corrected chi connectivity index (χ4v) is 6.58. The molecule has 1 saturated heterocycles. The molecule has 6 rings (SSSR count). The fourth-order valence-electron chi connectivity index (χ4n) is 6.45. The molecule has 3 aromatic carbocycles. The topological polar surface area (TPSA) is 87.2 Å². The van der Waals surface area contributed by atoms with Gasteiger partial charge in [-0.3, -0.25) is 14.6 Å². The standard InChI is InChI=1S/C29H24ClFN2O5/c1-16(2)28(18-3-5-19(30)6-4-18)15-29(28)23-13-20(31)7-8-24(23)33(26(29)36)22-12-17(25(34)35)11-21(14-22)32-9-10-38-27(32)37/h3-8,11-14,16H,9-10,15H2,1-2H3,(H,34,35)/t28-,29-/m0/s1. The number of aromatic carboxylic acids is 1. The number of carboxylic acids is 1. The van der Waals surface area contributed by atoms with Crippen LogP contribution in [-0.4, -0.2) is 36.2 Å². The van der Waals surface area contributed by atoms with E-state index in [4.69, 9.17) is 16.3 Å². The number of carbonyl (C=O) groups excluding carboxylic acids is 2. The molecular formula is C29H24ClFN2O5. The number of nitrogens with zero attached hydrogens (tertiary/aromatic N) is 2. The first kappa shape index (κ1) is 24.4. The van der Waals surface area contributed by atoms with Gasteiger partial charge in [-0.25, -0.2) is 14.0 Å². The van der Waals surface area contributed by atoms with Crippen molar-refractivity contribution in [2.45, 2.75) is 31.1 Å². The lowest BCUT2D eigenvalue weighted by Gasteiger charge is -2.27. The Labute approximate surface area is 223 Å². The monoisotopic (exact) mass is 534 g/mol. The van der Waals surface area contributed by atoms with Crippen LogP contribution in [0, 0.1) is 11.7 Å². The van der Waals surface area contributed by atoms with Crippen LogP contribution >= 0.6 is 11.6 Å². The molecule has 0 aromatic heterocycles. The molecule has 1 aliphatic carbocycles. The summed E-state index contributed by atoms with van der Waals surface area (Å²) in [5.41, 5.74) is 0.842. The van der Waals surface area contributed by atoms with Crippen LogP contribution in [0.4, 0.5) is 26.2 Å². The van der Waals surface area contributed by atoms with Crippen molar-refractivity contribution in [2.24, 2.45) is 5.92 Å². The third-order valence-electron chi connectivity index (χ3n) is 8.23. The van der Waals surface area contributed by atoms with Gasteiger partial charge in [-0.15, -0.1) is 0 Å². The molecule has 9 heteroatoms. The van der Waals surface area contributed by atoms with Gasteiger partial charge in [0.1, 0.15) is 12.4 Å². The van der Waals surface area contributed by atoms with Gasteiger partial charge in [-0.2, -0.15) is 0 Å². The summed E-state index contributed by atoms with van der Waals surface area (Å²) >= 11 is 6.16. The van der Waals surface area contributed by atoms with Crippen LogP contribution in [0.3, 0.4) is 0 Å². The van der Waals surface area contributed by atoms with Gasteiger partial charge in [0, 0.05) is 10.4 Å². The molecule has 2 amide bonds. The highest BCUT2D eigenvalue weighted by atomic mass is 35.5. The van der Waals surface area contributed by atoms with Crippen molar-refractivity contribution in [3.05, 3.63) is 88.2 Å². The highest BCUT2D eigenvalue weighted by Crippen LogP contribution is 2.74. The molecule has 2 aliphatic heterocycles. The average molecular weight is 535 g/mol. The van der Waals surface area contributed by atoms with Crippen LogP contribution in [0.2, 0.25) is 5.02 Å². The van der Waals surface area contributed by atoms with Crippen LogP contribution < -0.4 is 9.80 Å². The summed E-state index contributed by atoms with van der Waals surface area (Å²) in [6.45, 7) is 4.52. The van der Waals surface area contributed by atoms with Crippen LogP contribution in [0.15, 0.2) is 60.7 Å². The number of anilines is 3. The molecule has 2 heterocycles. The molecule has 3 aromatic rings. The van der Waals surface area contributed by atoms with Gasteiger partial charge in [-0.1, -0.05) is 37.6 Å². The minimum atomic E-state index is -1.20. The number of hydrogen-bond donors (Lipinski definition) is 1. The van der Waals surface area contributed by atoms with Gasteiger partial charge in [0.05, 0.1) is 34.6 Å². The van der Waals surface area contributed by atoms with Crippen molar-refractivity contribution in [3.63, 3.8) is 0 Å². The van der Waals surface area contributed by atoms with Crippen molar-refractivity contribution in [1.29, 1.82) is 0 Å². The first-order chi connectivity index (χ1) is 18.1. The smallest absolute Gasteiger partial charge is 0.414 e. The Morgan fingerprint density at radius 1 is 1.05 bits per heavy atom. The Kier molecular flexibility index (Phi) is 5.33. The summed E-state index contributed by atoms with van der Waals surface area (Å²) in [6.07, 6.45) is -0.122. The molecule has 38 heavy (non-hydrogen) atoms. The van der Waals surface area contributed by atoms with E-state index >= 15 is 0 Å². The van der Waals surface area contributed by atoms with Crippen LogP contribution in [-0.2, 0) is 20.4 Å². The number of carboxylic acid groups (broad SMARTS) is 1. The summed E-state index contributed by atoms with van der Waals surface area (Å²) in [5.74, 6) is -1.91. The molecule has 3 aliphatic rings. The molecule has 2 fully saturated rings. The van der Waals surface area contributed by atoms with Gasteiger partial charge in [-0.05, 0) is 72.0 Å². The SMILES string of the molecule is CC(C)[C@]1(c2ccc(Cl)cc2)C[C@]12C(=O)N(c1cc(C(=O)O)cc(N3CCOC3=O)c1)c1ccc(F)cc12. The lowest BCUT2D eigenvalue weighted by molar-refractivity contribution is -0.120. The van der Waals surface area contributed by atoms with E-state index in [1.807, 2.05) is 26.0 Å². The van der Waals surface area contributed by atoms with E-state index in [0.717, 1.165) is 5.56 Å². The van der Waals surface area contributed by atoms with Crippen LogP contribution in [0.5, 0.6) is 0 Å². The Balaban J connectivity index is 1.55. The Morgan fingerprint density at radius 2 is 1.76 bits per heavy atom. The summed E-state index contributed by atoms with van der Waals surface area (Å²) in [5, 5.41) is 10.4. The maximum absolute atomic E-state index is 14.7. The first-order valence-electron chi connectivity index (χ1n) is 12.3. The normalized spacial score (nSPS) is 23.8. The summed E-state index contributed by atoms with van der Waals surface area (Å²) in [7, 11) is 0. The second kappa shape index (κ2) is 8.30. The number of hydrogen-bond acceptors (Lipinski definition) is 4. The number of cyclic esters (lactones) is 1. The molecule has 1 saturated carbocycles. The third-order valence-corrected chi connectivity index (χ3v) is 8.49. The number of fused-ring (bicyclic) bond motifs is 2. The van der Waals surface area contributed by atoms with E-state index in [9.17, 15) is 23.9 Å². The number of rotatable bonds is 5. The number of halogens is 2. The quantitative estimate of drug-likeness (QED) is 0.431. The molecular weight excluding hydrogens is 511 g/mol. The van der Waals surface area contributed by atoms with Crippen LogP contribution in [0.25, 0.3) is 0 Å². The maximum atomic E-state index is 14.7. The minimum absolute atomic E-state index is 0.0176. The van der Waals surface area contributed by atoms with E-state index in [1.54, 1.807) is 24.3 Å². The van der Waals surface area contributed by atoms with E-state index < -0.39 is 28.7 Å². The van der Waals surface area contributed by atoms with E-state index in [1.165, 1.54) is 34.1 Å². The summed E-state index contributed by atoms with van der Waals surface area (Å²) in [4.78, 5) is 41.6. The van der Waals surface area contributed by atoms with Crippen molar-refractivity contribution >= 4 is 46.6 Å². The molecule has 0 radical (unpaired) electrons. The van der Waals surface area contributed by atoms with E-state index in [2.05, 4.69) is 0 Å². The summed E-state index contributed by atoms with van der Waals surface area (Å²) in [6, 6.07) is 16.0. The zero-order valence-electron chi connectivity index (χ0n) is 20.7. The lowest BCUT2D eigenvalue weighted by atomic mass is 9.75. The zero-order chi connectivity index (χ0) is 27.0. The molecule has 194 valence electrons. The Morgan fingerprint density at radius 3 is 2.39 bits per heavy atom. The van der Waals surface area contributed by atoms with Gasteiger partial charge in [0.2, 0.25) is 5.91 Å². The lowest BCUT2D eigenvalue weighted by Crippen LogP contribution is -2.36. The van der Waals surface area contributed by atoms with E-state index in [0.29, 0.717) is 28.4 Å². The number of benzene rings is 3. The largest absolute Gasteiger partial charge is 0.478 e. The minimum Gasteiger partial charge on any atom is -0.478 e. The molecule has 1 N–H and O–H groups in total. The Hall–Kier alpha value is -3.91. The van der Waals surface area contributed by atoms with Gasteiger partial charge >= 0.3 is 12.1 Å². The van der Waals surface area contributed by atoms with Crippen molar-refractivity contribution in [1.82, 2.24) is 0 Å². The predicted molar refractivity (Wildman–Crippen MR) is 140 cm³/mol. The van der Waals surface area contributed by atoms with Crippen molar-refractivity contribution < 1.29 is 28.6 Å². The fraction of sp³-hybridized carbons (Fsp3) is 0.276. The van der Waals surface area contributed by atoms with Gasteiger partial charge in [0.15, 0.2) is 0 Å². The molecule has 1 spiro atoms. The van der Waals surface area contributed by atoms with Crippen molar-refractivity contribution in [3.8, 4) is 0 Å². The number of carbonyl (C=O) groups is 3. The van der Waals surface area contributed by atoms with Crippen molar-refractivity contribution in [2.75, 3.05) is 23.0 Å². The second-order valence-electron chi connectivity index (χ2n) is 10.3. The highest BCUT2D eigenvalue weighted by molar-refractivity contribution is 6.30. The zero-order valence-corrected chi connectivity index (χ0v) is 21.5. The Bertz CT molecular complexity index is 1520. The second-order valence-corrected chi connectivity index (χ2v) is 10.8. The molecule has 0 bridgehead atoms. The predicted octanol–water partition coefficient (Wildman–Crippen LogP) is 6.05. The van der Waals surface area contributed by atoms with E-state index in [-0.39, 0.29) is 36.2 Å². The molecule has 7 nitrogen and oxygen atoms in total. The average Bonchev–Trinajstić information content (AvgIpc) is 3.33. The van der Waals surface area contributed by atoms with Gasteiger partial charge in [0.25, 0.3) is 0 Å². The number of amides is 2. The third kappa shape index (κ3) is 3.22. The highest BCUT2D eigenvalue weighted by Gasteiger charge is 2.78. The maximum Gasteiger partial charge on any atom is 0.414 e.